The number of carbonyl (C=O) groups excluding carboxylic acids is 1. The first kappa shape index (κ1) is 19.1. The van der Waals surface area contributed by atoms with Crippen LogP contribution in [0.5, 0.6) is 0 Å². The van der Waals surface area contributed by atoms with Crippen molar-refractivity contribution in [3.8, 4) is 0 Å². The van der Waals surface area contributed by atoms with E-state index in [2.05, 4.69) is 15.2 Å². The molecule has 1 fully saturated rings. The molecular weight excluding hydrogens is 370 g/mol. The van der Waals surface area contributed by atoms with Gasteiger partial charge in [-0.1, -0.05) is 30.3 Å². The Morgan fingerprint density at radius 3 is 2.59 bits per heavy atom. The third-order valence-electron chi connectivity index (χ3n) is 5.42. The highest BCUT2D eigenvalue weighted by atomic mass is 16.2. The average Bonchev–Trinajstić information content (AvgIpc) is 3.37. The molecular formula is C20H25N7O2. The number of aromatic nitrogens is 6. The average molecular weight is 395 g/mol. The van der Waals surface area contributed by atoms with E-state index in [1.54, 1.807) is 15.6 Å². The predicted octanol–water partition coefficient (Wildman–Crippen LogP) is 1.11. The topological polar surface area (TPSA) is 90.8 Å². The Labute approximate surface area is 168 Å². The van der Waals surface area contributed by atoms with Crippen LogP contribution in [0, 0.1) is 0 Å². The van der Waals surface area contributed by atoms with Crippen LogP contribution < -0.4 is 5.69 Å². The van der Waals surface area contributed by atoms with Crippen LogP contribution in [-0.2, 0) is 24.4 Å². The van der Waals surface area contributed by atoms with E-state index in [0.717, 1.165) is 24.2 Å². The predicted molar refractivity (Wildman–Crippen MR) is 106 cm³/mol. The lowest BCUT2D eigenvalue weighted by Gasteiger charge is -2.31. The van der Waals surface area contributed by atoms with E-state index in [1.807, 2.05) is 42.2 Å². The Balaban J connectivity index is 1.44. The van der Waals surface area contributed by atoms with Crippen molar-refractivity contribution >= 4 is 5.91 Å². The van der Waals surface area contributed by atoms with Gasteiger partial charge in [0.25, 0.3) is 0 Å². The van der Waals surface area contributed by atoms with Crippen LogP contribution in [0.2, 0.25) is 0 Å². The van der Waals surface area contributed by atoms with Gasteiger partial charge in [-0.05, 0) is 25.3 Å². The molecule has 1 saturated heterocycles. The molecule has 3 heterocycles. The quantitative estimate of drug-likeness (QED) is 0.624. The number of benzene rings is 1. The summed E-state index contributed by atoms with van der Waals surface area (Å²) in [6.07, 6.45) is 4.56. The Bertz CT molecular complexity index is 999. The fourth-order valence-electron chi connectivity index (χ4n) is 3.86. The third kappa shape index (κ3) is 4.13. The lowest BCUT2D eigenvalue weighted by Crippen LogP contribution is -2.40. The summed E-state index contributed by atoms with van der Waals surface area (Å²) in [5.74, 6) is 1.04. The van der Waals surface area contributed by atoms with E-state index < -0.39 is 0 Å². The normalized spacial score (nSPS) is 15.0. The fraction of sp³-hybridized carbons (Fsp3) is 0.450. The zero-order valence-electron chi connectivity index (χ0n) is 16.5. The molecule has 0 atom stereocenters. The van der Waals surface area contributed by atoms with E-state index in [4.69, 9.17) is 0 Å². The molecule has 0 spiro atoms. The van der Waals surface area contributed by atoms with E-state index >= 15 is 0 Å². The van der Waals surface area contributed by atoms with E-state index in [1.165, 1.54) is 11.0 Å². The minimum absolute atomic E-state index is 0.0384. The second-order valence-electron chi connectivity index (χ2n) is 7.28. The molecule has 0 radical (unpaired) electrons. The number of hydrogen-bond acceptors (Lipinski definition) is 5. The van der Waals surface area contributed by atoms with Crippen LogP contribution in [0.3, 0.4) is 0 Å². The number of likely N-dealkylation sites (tertiary alicyclic amines) is 1. The fourth-order valence-corrected chi connectivity index (χ4v) is 3.86. The maximum absolute atomic E-state index is 12.8. The van der Waals surface area contributed by atoms with Crippen molar-refractivity contribution in [1.29, 1.82) is 0 Å². The molecule has 0 aliphatic carbocycles. The Hall–Kier alpha value is -3.23. The molecule has 152 valence electrons. The molecule has 1 aromatic carbocycles. The molecule has 29 heavy (non-hydrogen) atoms. The molecule has 1 aliphatic rings. The molecule has 2 aromatic heterocycles. The Morgan fingerprint density at radius 2 is 1.93 bits per heavy atom. The molecule has 0 saturated carbocycles. The van der Waals surface area contributed by atoms with Crippen LogP contribution in [0.25, 0.3) is 0 Å². The first-order valence-electron chi connectivity index (χ1n) is 9.97. The van der Waals surface area contributed by atoms with Gasteiger partial charge in [-0.25, -0.2) is 19.1 Å². The van der Waals surface area contributed by atoms with Crippen molar-refractivity contribution in [3.05, 3.63) is 64.9 Å². The first-order valence-corrected chi connectivity index (χ1v) is 9.97. The molecule has 1 aliphatic heterocycles. The zero-order valence-corrected chi connectivity index (χ0v) is 16.5. The van der Waals surface area contributed by atoms with Gasteiger partial charge in [0.1, 0.15) is 25.0 Å². The number of carbonyl (C=O) groups is 1. The minimum atomic E-state index is -0.0731. The molecule has 0 N–H and O–H groups in total. The summed E-state index contributed by atoms with van der Waals surface area (Å²) >= 11 is 0. The molecule has 9 heteroatoms. The SMILES string of the molecule is CCn1c(C2CCN(C(=O)Cn3cncn3)CC2)nn(Cc2ccccc2)c1=O. The Morgan fingerprint density at radius 1 is 1.17 bits per heavy atom. The van der Waals surface area contributed by atoms with Crippen LogP contribution in [0.1, 0.15) is 37.1 Å². The summed E-state index contributed by atoms with van der Waals surface area (Å²) in [7, 11) is 0. The minimum Gasteiger partial charge on any atom is -0.341 e. The van der Waals surface area contributed by atoms with Gasteiger partial charge in [-0.15, -0.1) is 0 Å². The van der Waals surface area contributed by atoms with Crippen LogP contribution in [0.4, 0.5) is 0 Å². The second-order valence-corrected chi connectivity index (χ2v) is 7.28. The number of rotatable bonds is 6. The molecule has 1 amide bonds. The van der Waals surface area contributed by atoms with Crippen LogP contribution in [-0.4, -0.2) is 53.0 Å². The highest BCUT2D eigenvalue weighted by molar-refractivity contribution is 5.75. The van der Waals surface area contributed by atoms with Gasteiger partial charge in [-0.2, -0.15) is 10.2 Å². The monoisotopic (exact) mass is 395 g/mol. The van der Waals surface area contributed by atoms with Gasteiger partial charge in [0.05, 0.1) is 6.54 Å². The summed E-state index contributed by atoms with van der Waals surface area (Å²) in [6.45, 7) is 4.54. The van der Waals surface area contributed by atoms with Crippen molar-refractivity contribution in [3.63, 3.8) is 0 Å². The van der Waals surface area contributed by atoms with Crippen LogP contribution in [0.15, 0.2) is 47.8 Å². The van der Waals surface area contributed by atoms with Crippen molar-refractivity contribution in [2.45, 2.75) is 45.3 Å². The third-order valence-corrected chi connectivity index (χ3v) is 5.42. The Kier molecular flexibility index (Phi) is 5.55. The lowest BCUT2D eigenvalue weighted by molar-refractivity contribution is -0.133. The number of amides is 1. The summed E-state index contributed by atoms with van der Waals surface area (Å²) in [5.41, 5.74) is 0.978. The largest absolute Gasteiger partial charge is 0.346 e. The summed E-state index contributed by atoms with van der Waals surface area (Å²) < 4.78 is 4.85. The van der Waals surface area contributed by atoms with Gasteiger partial charge in [0.2, 0.25) is 5.91 Å². The maximum Gasteiger partial charge on any atom is 0.346 e. The highest BCUT2D eigenvalue weighted by Crippen LogP contribution is 2.26. The molecule has 0 unspecified atom stereocenters. The number of hydrogen-bond donors (Lipinski definition) is 0. The van der Waals surface area contributed by atoms with Crippen molar-refractivity contribution in [2.24, 2.45) is 0 Å². The standard InChI is InChI=1S/C20H25N7O2/c1-2-26-19(23-27(20(26)29)12-16-6-4-3-5-7-16)17-8-10-24(11-9-17)18(28)13-25-15-21-14-22-25/h3-7,14-15,17H,2,8-13H2,1H3. The number of piperidine rings is 1. The highest BCUT2D eigenvalue weighted by Gasteiger charge is 2.28. The molecule has 4 rings (SSSR count). The van der Waals surface area contributed by atoms with Crippen LogP contribution >= 0.6 is 0 Å². The molecule has 3 aromatic rings. The molecule has 9 nitrogen and oxygen atoms in total. The van der Waals surface area contributed by atoms with Crippen molar-refractivity contribution in [1.82, 2.24) is 34.0 Å². The van der Waals surface area contributed by atoms with Gasteiger partial charge in [-0.3, -0.25) is 9.36 Å². The smallest absolute Gasteiger partial charge is 0.341 e. The van der Waals surface area contributed by atoms with Crippen molar-refractivity contribution < 1.29 is 4.79 Å². The van der Waals surface area contributed by atoms with Crippen molar-refractivity contribution in [2.75, 3.05) is 13.1 Å². The summed E-state index contributed by atoms with van der Waals surface area (Å²) in [4.78, 5) is 31.0. The van der Waals surface area contributed by atoms with Gasteiger partial charge >= 0.3 is 5.69 Å². The van der Waals surface area contributed by atoms with Gasteiger partial charge in [0, 0.05) is 25.6 Å². The maximum atomic E-state index is 12.8. The summed E-state index contributed by atoms with van der Waals surface area (Å²) in [6, 6.07) is 9.88. The van der Waals surface area contributed by atoms with E-state index in [9.17, 15) is 9.59 Å². The first-order chi connectivity index (χ1) is 14.2. The number of nitrogens with zero attached hydrogens (tertiary/aromatic N) is 7. The summed E-state index contributed by atoms with van der Waals surface area (Å²) in [5, 5.41) is 8.66. The van der Waals surface area contributed by atoms with Gasteiger partial charge < -0.3 is 4.90 Å². The zero-order chi connectivity index (χ0) is 20.2. The van der Waals surface area contributed by atoms with E-state index in [0.29, 0.717) is 26.2 Å². The van der Waals surface area contributed by atoms with E-state index in [-0.39, 0.29) is 24.1 Å². The van der Waals surface area contributed by atoms with Gasteiger partial charge in [0.15, 0.2) is 0 Å². The molecule has 0 bridgehead atoms. The second kappa shape index (κ2) is 8.42. The lowest BCUT2D eigenvalue weighted by atomic mass is 9.96.